The van der Waals surface area contributed by atoms with Crippen LogP contribution < -0.4 is 10.1 Å². The Kier molecular flexibility index (Phi) is 6.97. The van der Waals surface area contributed by atoms with Gasteiger partial charge in [0.2, 0.25) is 0 Å². The number of carbonyl (C=O) groups is 1. The zero-order valence-electron chi connectivity index (χ0n) is 15.0. The molecule has 1 heterocycles. The molecule has 2 aromatic rings. The molecule has 0 saturated carbocycles. The summed E-state index contributed by atoms with van der Waals surface area (Å²) in [4.78, 5) is 15.4. The molecule has 0 saturated heterocycles. The van der Waals surface area contributed by atoms with Crippen LogP contribution in [0.4, 0.5) is 9.18 Å². The van der Waals surface area contributed by atoms with Crippen molar-refractivity contribution < 1.29 is 18.7 Å². The van der Waals surface area contributed by atoms with Gasteiger partial charge in [-0.2, -0.15) is 0 Å². The lowest BCUT2D eigenvalue weighted by Crippen LogP contribution is -2.34. The fourth-order valence-electron chi connectivity index (χ4n) is 2.18. The fraction of sp³-hybridized carbons (Fsp3) is 0.368. The van der Waals surface area contributed by atoms with Crippen molar-refractivity contribution in [2.75, 3.05) is 13.2 Å². The van der Waals surface area contributed by atoms with Crippen molar-refractivity contribution in [1.82, 2.24) is 10.3 Å². The van der Waals surface area contributed by atoms with E-state index in [2.05, 4.69) is 26.2 Å². The standard InChI is InChI=1S/C19H22BrFN2O3/c1-19(2,3)26-18(24)23-9-10-25-16-7-6-14(21)11-15(16)17(20)13-5-4-8-22-12-13/h4-8,11-12,17H,9-10H2,1-3H3,(H,23,24). The maximum atomic E-state index is 13.7. The molecule has 7 heteroatoms. The summed E-state index contributed by atoms with van der Waals surface area (Å²) in [6.45, 7) is 5.88. The Morgan fingerprint density at radius 3 is 2.77 bits per heavy atom. The molecule has 0 aliphatic rings. The number of nitrogens with one attached hydrogen (secondary N) is 1. The molecule has 1 amide bonds. The minimum absolute atomic E-state index is 0.227. The molecule has 0 radical (unpaired) electrons. The summed E-state index contributed by atoms with van der Waals surface area (Å²) in [5.41, 5.74) is 0.979. The third kappa shape index (κ3) is 6.29. The van der Waals surface area contributed by atoms with Gasteiger partial charge < -0.3 is 14.8 Å². The van der Waals surface area contributed by atoms with E-state index < -0.39 is 11.7 Å². The van der Waals surface area contributed by atoms with Gasteiger partial charge in [0.15, 0.2) is 0 Å². The number of alkyl carbamates (subject to hydrolysis) is 1. The monoisotopic (exact) mass is 424 g/mol. The van der Waals surface area contributed by atoms with Crippen LogP contribution in [-0.4, -0.2) is 29.8 Å². The van der Waals surface area contributed by atoms with Crippen molar-refractivity contribution in [3.63, 3.8) is 0 Å². The Labute approximate surface area is 161 Å². The van der Waals surface area contributed by atoms with Gasteiger partial charge in [-0.3, -0.25) is 4.98 Å². The van der Waals surface area contributed by atoms with Gasteiger partial charge in [-0.05, 0) is 50.6 Å². The third-order valence-corrected chi connectivity index (χ3v) is 4.27. The number of carbonyl (C=O) groups excluding carboxylic acids is 1. The predicted octanol–water partition coefficient (Wildman–Crippen LogP) is 4.61. The van der Waals surface area contributed by atoms with E-state index in [4.69, 9.17) is 9.47 Å². The van der Waals surface area contributed by atoms with Gasteiger partial charge in [0, 0.05) is 18.0 Å². The number of benzene rings is 1. The summed E-state index contributed by atoms with van der Waals surface area (Å²) in [6, 6.07) is 8.04. The highest BCUT2D eigenvalue weighted by Gasteiger charge is 2.18. The summed E-state index contributed by atoms with van der Waals surface area (Å²) >= 11 is 3.57. The average molecular weight is 425 g/mol. The number of hydrogen-bond donors (Lipinski definition) is 1. The van der Waals surface area contributed by atoms with E-state index in [0.29, 0.717) is 11.3 Å². The van der Waals surface area contributed by atoms with Crippen molar-refractivity contribution in [2.45, 2.75) is 31.2 Å². The molecule has 1 atom stereocenters. The van der Waals surface area contributed by atoms with E-state index in [0.717, 1.165) is 5.56 Å². The number of nitrogens with zero attached hydrogens (tertiary/aromatic N) is 1. The molecular weight excluding hydrogens is 403 g/mol. The maximum absolute atomic E-state index is 13.7. The summed E-state index contributed by atoms with van der Waals surface area (Å²) in [7, 11) is 0. The van der Waals surface area contributed by atoms with E-state index in [1.54, 1.807) is 39.2 Å². The van der Waals surface area contributed by atoms with Gasteiger partial charge in [0.05, 0.1) is 11.4 Å². The first kappa shape index (κ1) is 20.2. The smallest absolute Gasteiger partial charge is 0.407 e. The molecule has 1 aromatic carbocycles. The van der Waals surface area contributed by atoms with Crippen LogP contribution in [0.1, 0.15) is 36.7 Å². The topological polar surface area (TPSA) is 60.5 Å². The number of alkyl halides is 1. The second-order valence-corrected chi connectivity index (χ2v) is 7.52. The van der Waals surface area contributed by atoms with Crippen molar-refractivity contribution in [2.24, 2.45) is 0 Å². The highest BCUT2D eigenvalue weighted by Crippen LogP contribution is 2.36. The number of pyridine rings is 1. The lowest BCUT2D eigenvalue weighted by atomic mass is 10.1. The van der Waals surface area contributed by atoms with Gasteiger partial charge in [-0.25, -0.2) is 9.18 Å². The number of hydrogen-bond acceptors (Lipinski definition) is 4. The number of amides is 1. The van der Waals surface area contributed by atoms with Crippen molar-refractivity contribution in [3.05, 3.63) is 59.7 Å². The Balaban J connectivity index is 1.98. The number of rotatable bonds is 6. The van der Waals surface area contributed by atoms with Crippen molar-refractivity contribution >= 4 is 22.0 Å². The molecule has 0 aliphatic heterocycles. The highest BCUT2D eigenvalue weighted by molar-refractivity contribution is 9.09. The molecule has 1 aromatic heterocycles. The maximum Gasteiger partial charge on any atom is 0.407 e. The first-order chi connectivity index (χ1) is 12.3. The zero-order chi connectivity index (χ0) is 19.2. The minimum Gasteiger partial charge on any atom is -0.491 e. The van der Waals surface area contributed by atoms with Crippen molar-refractivity contribution in [1.29, 1.82) is 0 Å². The first-order valence-electron chi connectivity index (χ1n) is 8.19. The van der Waals surface area contributed by atoms with Crippen LogP contribution in [0.15, 0.2) is 42.7 Å². The first-order valence-corrected chi connectivity index (χ1v) is 9.11. The summed E-state index contributed by atoms with van der Waals surface area (Å²) in [6.07, 6.45) is 2.88. The molecule has 0 spiro atoms. The van der Waals surface area contributed by atoms with Crippen LogP contribution in [0, 0.1) is 5.82 Å². The van der Waals surface area contributed by atoms with E-state index in [1.165, 1.54) is 12.1 Å². The SMILES string of the molecule is CC(C)(C)OC(=O)NCCOc1ccc(F)cc1C(Br)c1cccnc1. The molecule has 0 fully saturated rings. The Morgan fingerprint density at radius 2 is 2.12 bits per heavy atom. The fourth-order valence-corrected chi connectivity index (χ4v) is 2.81. The van der Waals surface area contributed by atoms with Gasteiger partial charge >= 0.3 is 6.09 Å². The molecule has 0 aliphatic carbocycles. The Hall–Kier alpha value is -2.15. The molecule has 140 valence electrons. The van der Waals surface area contributed by atoms with Crippen LogP contribution in [0.3, 0.4) is 0 Å². The molecule has 26 heavy (non-hydrogen) atoms. The van der Waals surface area contributed by atoms with Gasteiger partial charge in [0.25, 0.3) is 0 Å². The van der Waals surface area contributed by atoms with Crippen LogP contribution in [-0.2, 0) is 4.74 Å². The van der Waals surface area contributed by atoms with E-state index >= 15 is 0 Å². The highest BCUT2D eigenvalue weighted by atomic mass is 79.9. The third-order valence-electron chi connectivity index (χ3n) is 3.25. The van der Waals surface area contributed by atoms with Gasteiger partial charge in [-0.15, -0.1) is 0 Å². The summed E-state index contributed by atoms with van der Waals surface area (Å²) in [5, 5.41) is 2.62. The van der Waals surface area contributed by atoms with E-state index in [9.17, 15) is 9.18 Å². The van der Waals surface area contributed by atoms with E-state index in [-0.39, 0.29) is 23.8 Å². The van der Waals surface area contributed by atoms with E-state index in [1.807, 2.05) is 12.1 Å². The van der Waals surface area contributed by atoms with Crippen LogP contribution >= 0.6 is 15.9 Å². The predicted molar refractivity (Wildman–Crippen MR) is 101 cm³/mol. The molecule has 1 N–H and O–H groups in total. The van der Waals surface area contributed by atoms with Crippen LogP contribution in [0.5, 0.6) is 5.75 Å². The van der Waals surface area contributed by atoms with Crippen LogP contribution in [0.25, 0.3) is 0 Å². The molecule has 5 nitrogen and oxygen atoms in total. The molecule has 1 unspecified atom stereocenters. The summed E-state index contributed by atoms with van der Waals surface area (Å²) in [5.74, 6) is 0.177. The zero-order valence-corrected chi connectivity index (χ0v) is 16.5. The van der Waals surface area contributed by atoms with Crippen molar-refractivity contribution in [3.8, 4) is 5.75 Å². The average Bonchev–Trinajstić information content (AvgIpc) is 2.58. The number of halogens is 2. The second kappa shape index (κ2) is 8.98. The summed E-state index contributed by atoms with van der Waals surface area (Å²) < 4.78 is 24.6. The van der Waals surface area contributed by atoms with Crippen LogP contribution in [0.2, 0.25) is 0 Å². The minimum atomic E-state index is -0.554. The van der Waals surface area contributed by atoms with Gasteiger partial charge in [0.1, 0.15) is 23.8 Å². The molecule has 2 rings (SSSR count). The Bertz CT molecular complexity index is 735. The quantitative estimate of drug-likeness (QED) is 0.543. The lowest BCUT2D eigenvalue weighted by Gasteiger charge is -2.20. The normalized spacial score (nSPS) is 12.3. The van der Waals surface area contributed by atoms with Gasteiger partial charge in [-0.1, -0.05) is 22.0 Å². The number of ether oxygens (including phenoxy) is 2. The second-order valence-electron chi connectivity index (χ2n) is 6.61. The Morgan fingerprint density at radius 1 is 1.35 bits per heavy atom. The lowest BCUT2D eigenvalue weighted by molar-refractivity contribution is 0.0520. The molecular formula is C19H22BrFN2O3. The largest absolute Gasteiger partial charge is 0.491 e. The number of aromatic nitrogens is 1. The molecule has 0 bridgehead atoms.